The van der Waals surface area contributed by atoms with E-state index >= 15 is 0 Å². The Labute approximate surface area is 173 Å². The van der Waals surface area contributed by atoms with Gasteiger partial charge in [-0.3, -0.25) is 9.59 Å². The zero-order valence-electron chi connectivity index (χ0n) is 13.8. The summed E-state index contributed by atoms with van der Waals surface area (Å²) >= 11 is 0. The number of carbonyl (C=O) groups is 4. The maximum atomic E-state index is 9.00. The fourth-order valence-electron chi connectivity index (χ4n) is 0. The molecule has 0 fully saturated rings. The Morgan fingerprint density at radius 3 is 0.682 bits per heavy atom. The number of rotatable bonds is 0. The molecule has 0 aromatic carbocycles. The number of hydrogen-bond acceptors (Lipinski definition) is 6. The second-order valence-electron chi connectivity index (χ2n) is 2.02. The molecule has 10 nitrogen and oxygen atoms in total. The van der Waals surface area contributed by atoms with Crippen molar-refractivity contribution in [1.82, 2.24) is 0 Å². The summed E-state index contributed by atoms with van der Waals surface area (Å²) in [5, 5.41) is 32.6. The summed E-state index contributed by atoms with van der Waals surface area (Å²) in [6.07, 6.45) is 0. The van der Waals surface area contributed by atoms with Crippen LogP contribution in [0.2, 0.25) is 0 Å². The van der Waals surface area contributed by atoms with Gasteiger partial charge in [0, 0.05) is 25.8 Å². The van der Waals surface area contributed by atoms with Crippen molar-refractivity contribution in [3.8, 4) is 0 Å². The van der Waals surface area contributed by atoms with E-state index in [0.717, 1.165) is 27.7 Å². The third kappa shape index (κ3) is 31700. The van der Waals surface area contributed by atoms with Gasteiger partial charge in [0.05, 0.1) is 0 Å². The van der Waals surface area contributed by atoms with E-state index in [9.17, 15) is 0 Å². The molecule has 0 heterocycles. The third-order valence-corrected chi connectivity index (χ3v) is 0. The van der Waals surface area contributed by atoms with Gasteiger partial charge in [-0.1, -0.05) is 0 Å². The van der Waals surface area contributed by atoms with E-state index in [1.807, 2.05) is 0 Å². The summed E-state index contributed by atoms with van der Waals surface area (Å²) in [4.78, 5) is 35.8. The van der Waals surface area contributed by atoms with Crippen molar-refractivity contribution in [2.75, 3.05) is 0 Å². The fourth-order valence-corrected chi connectivity index (χ4v) is 0. The number of carbonyl (C=O) groups excluding carboxylic acids is 2. The predicted molar refractivity (Wildman–Crippen MR) is 66.5 cm³/mol. The molecule has 0 bridgehead atoms. The molecule has 0 aliphatic carbocycles. The molecule has 6 N–H and O–H groups in total. The van der Waals surface area contributed by atoms with E-state index < -0.39 is 23.9 Å². The minimum Gasteiger partial charge on any atom is -0.550 e. The maximum Gasteiger partial charge on any atom is 1.00 e. The van der Waals surface area contributed by atoms with Crippen LogP contribution < -0.4 is 69.3 Å². The van der Waals surface area contributed by atoms with Gasteiger partial charge in [-0.25, -0.2) is 0 Å². The molecule has 0 radical (unpaired) electrons. The van der Waals surface area contributed by atoms with E-state index in [1.165, 1.54) is 0 Å². The summed E-state index contributed by atoms with van der Waals surface area (Å²) in [5.74, 6) is -3.83. The first-order valence-electron chi connectivity index (χ1n) is 4.17. The molecule has 124 valence electrons. The Kier molecular flexibility index (Phi) is 155. The normalized spacial score (nSPS) is 4.73. The Balaban J connectivity index is -0.0000000133. The molecule has 0 rings (SSSR count). The molecular formula is C10H22Na2O10. The molecule has 0 spiro atoms. The number of carboxylic acids is 4. The van der Waals surface area contributed by atoms with Gasteiger partial charge >= 0.3 is 59.1 Å². The van der Waals surface area contributed by atoms with Crippen LogP contribution in [0.5, 0.6) is 0 Å². The largest absolute Gasteiger partial charge is 1.00 e. The zero-order chi connectivity index (χ0) is 16.3. The van der Waals surface area contributed by atoms with Gasteiger partial charge in [0.25, 0.3) is 11.9 Å². The predicted octanol–water partition coefficient (Wildman–Crippen LogP) is -9.15. The standard InChI is InChI=1S/4C2H4O2.C2H4.2Na.2H2O/c4*1-2(3)4;1-2;;;;/h4*1H3,(H,3,4);1-2H2;;;2*1H2/q;;;;;2*+1;;/p-2. The SMILES string of the molecule is C=C.CC(=O)O.CC(=O)O.CC(=O)[O-].CC(=O)[O-].O.O.[Na+].[Na+]. The topological polar surface area (TPSA) is 218 Å². The summed E-state index contributed by atoms with van der Waals surface area (Å²) in [6.45, 7) is 10.1. The van der Waals surface area contributed by atoms with Gasteiger partial charge in [0.1, 0.15) is 0 Å². The summed E-state index contributed by atoms with van der Waals surface area (Å²) < 4.78 is 0. The van der Waals surface area contributed by atoms with Crippen LogP contribution in [-0.4, -0.2) is 45.0 Å². The van der Waals surface area contributed by atoms with Gasteiger partial charge < -0.3 is 41.0 Å². The van der Waals surface area contributed by atoms with Crippen LogP contribution in [0, 0.1) is 0 Å². The van der Waals surface area contributed by atoms with Gasteiger partial charge in [-0.05, 0) is 13.8 Å². The van der Waals surface area contributed by atoms with Crippen molar-refractivity contribution < 1.29 is 110 Å². The van der Waals surface area contributed by atoms with Crippen LogP contribution in [0.1, 0.15) is 27.7 Å². The first-order valence-corrected chi connectivity index (χ1v) is 4.17. The Morgan fingerprint density at radius 1 is 0.682 bits per heavy atom. The zero-order valence-corrected chi connectivity index (χ0v) is 17.8. The first-order chi connectivity index (χ1) is 7.93. The van der Waals surface area contributed by atoms with E-state index in [1.54, 1.807) is 0 Å². The molecule has 0 saturated carbocycles. The van der Waals surface area contributed by atoms with Crippen LogP contribution in [0.15, 0.2) is 13.2 Å². The fraction of sp³-hybridized carbons (Fsp3) is 0.400. The molecule has 0 saturated heterocycles. The summed E-state index contributed by atoms with van der Waals surface area (Å²) in [5.41, 5.74) is 0. The molecule has 0 aliphatic heterocycles. The van der Waals surface area contributed by atoms with Crippen molar-refractivity contribution in [2.45, 2.75) is 27.7 Å². The van der Waals surface area contributed by atoms with E-state index in [0.29, 0.717) is 0 Å². The minimum absolute atomic E-state index is 0. The van der Waals surface area contributed by atoms with Crippen molar-refractivity contribution >= 4 is 23.9 Å². The van der Waals surface area contributed by atoms with Crippen LogP contribution in [-0.2, 0) is 19.2 Å². The first kappa shape index (κ1) is 57.8. The summed E-state index contributed by atoms with van der Waals surface area (Å²) in [7, 11) is 0. The van der Waals surface area contributed by atoms with E-state index in [-0.39, 0.29) is 70.1 Å². The van der Waals surface area contributed by atoms with Crippen LogP contribution in [0.25, 0.3) is 0 Å². The minimum atomic E-state index is -1.08. The van der Waals surface area contributed by atoms with Crippen LogP contribution in [0.3, 0.4) is 0 Å². The van der Waals surface area contributed by atoms with Crippen LogP contribution in [0.4, 0.5) is 0 Å². The Morgan fingerprint density at radius 2 is 0.682 bits per heavy atom. The quantitative estimate of drug-likeness (QED) is 0.315. The van der Waals surface area contributed by atoms with Gasteiger partial charge in [0.2, 0.25) is 0 Å². The van der Waals surface area contributed by atoms with Gasteiger partial charge in [-0.2, -0.15) is 0 Å². The van der Waals surface area contributed by atoms with Crippen molar-refractivity contribution in [2.24, 2.45) is 0 Å². The Bertz CT molecular complexity index is 182. The molecule has 0 amide bonds. The number of carboxylic acid groups (broad SMARTS) is 4. The number of hydrogen-bond donors (Lipinski definition) is 2. The van der Waals surface area contributed by atoms with Crippen LogP contribution >= 0.6 is 0 Å². The summed E-state index contributed by atoms with van der Waals surface area (Å²) in [6, 6.07) is 0. The third-order valence-electron chi connectivity index (χ3n) is 0. The smallest absolute Gasteiger partial charge is 0.550 e. The molecule has 12 heteroatoms. The molecule has 0 atom stereocenters. The average Bonchev–Trinajstić information content (AvgIpc) is 2.01. The van der Waals surface area contributed by atoms with E-state index in [4.69, 9.17) is 39.6 Å². The van der Waals surface area contributed by atoms with Gasteiger partial charge in [0.15, 0.2) is 0 Å². The molecule has 0 aromatic heterocycles. The molecule has 22 heavy (non-hydrogen) atoms. The number of aliphatic carboxylic acids is 4. The van der Waals surface area contributed by atoms with Gasteiger partial charge in [-0.15, -0.1) is 13.2 Å². The average molecular weight is 348 g/mol. The molecule has 0 aromatic rings. The molecule has 0 aliphatic rings. The molecule has 0 unspecified atom stereocenters. The van der Waals surface area contributed by atoms with Crippen molar-refractivity contribution in [3.05, 3.63) is 13.2 Å². The molecular weight excluding hydrogens is 326 g/mol. The van der Waals surface area contributed by atoms with Crippen molar-refractivity contribution in [3.63, 3.8) is 0 Å². The van der Waals surface area contributed by atoms with E-state index in [2.05, 4.69) is 13.2 Å². The van der Waals surface area contributed by atoms with Crippen molar-refractivity contribution in [1.29, 1.82) is 0 Å². The Hall–Kier alpha value is -0.460. The second-order valence-corrected chi connectivity index (χ2v) is 2.02. The maximum absolute atomic E-state index is 9.00. The second kappa shape index (κ2) is 58.9. The monoisotopic (exact) mass is 348 g/mol.